The summed E-state index contributed by atoms with van der Waals surface area (Å²) in [5.41, 5.74) is 2.07. The third-order valence-electron chi connectivity index (χ3n) is 3.43. The number of ether oxygens (including phenoxy) is 1. The molecule has 1 aliphatic rings. The molecule has 3 heterocycles. The second-order valence-corrected chi connectivity index (χ2v) is 4.92. The number of pyridine rings is 1. The van der Waals surface area contributed by atoms with Crippen LogP contribution in [0.15, 0.2) is 37.1 Å². The van der Waals surface area contributed by atoms with Gasteiger partial charge in [0.2, 0.25) is 0 Å². The standard InChI is InChI=1S/C15H16N4O2/c20-15(19-13-2-5-21-6-3-13)11-1-4-18-14(7-11)12-8-16-10-17-9-12/h1,4,7-10,13H,2-3,5-6H2,(H,19,20). The van der Waals surface area contributed by atoms with Crippen molar-refractivity contribution in [2.75, 3.05) is 13.2 Å². The molecule has 0 saturated carbocycles. The molecule has 6 heteroatoms. The molecule has 1 saturated heterocycles. The predicted octanol–water partition coefficient (Wildman–Crippen LogP) is 1.45. The van der Waals surface area contributed by atoms with Crippen molar-refractivity contribution < 1.29 is 9.53 Å². The molecule has 3 rings (SSSR count). The van der Waals surface area contributed by atoms with E-state index in [1.807, 2.05) is 0 Å². The smallest absolute Gasteiger partial charge is 0.251 e. The third kappa shape index (κ3) is 3.41. The van der Waals surface area contributed by atoms with Gasteiger partial charge in [-0.25, -0.2) is 9.97 Å². The lowest BCUT2D eigenvalue weighted by atomic mass is 10.1. The number of rotatable bonds is 3. The second-order valence-electron chi connectivity index (χ2n) is 4.92. The molecule has 0 aliphatic carbocycles. The fourth-order valence-corrected chi connectivity index (χ4v) is 2.27. The minimum atomic E-state index is -0.0811. The fraction of sp³-hybridized carbons (Fsp3) is 0.333. The Balaban J connectivity index is 1.74. The quantitative estimate of drug-likeness (QED) is 0.923. The first kappa shape index (κ1) is 13.6. The Hall–Kier alpha value is -2.34. The Morgan fingerprint density at radius 1 is 1.24 bits per heavy atom. The number of hydrogen-bond donors (Lipinski definition) is 1. The van der Waals surface area contributed by atoms with E-state index in [1.54, 1.807) is 30.7 Å². The van der Waals surface area contributed by atoms with Gasteiger partial charge in [0.25, 0.3) is 5.91 Å². The molecule has 0 aromatic carbocycles. The van der Waals surface area contributed by atoms with E-state index in [2.05, 4.69) is 20.3 Å². The molecule has 2 aromatic heterocycles. The summed E-state index contributed by atoms with van der Waals surface area (Å²) in [4.78, 5) is 24.5. The molecule has 21 heavy (non-hydrogen) atoms. The zero-order valence-electron chi connectivity index (χ0n) is 11.5. The van der Waals surface area contributed by atoms with Gasteiger partial charge in [-0.15, -0.1) is 0 Å². The molecule has 108 valence electrons. The minimum Gasteiger partial charge on any atom is -0.381 e. The van der Waals surface area contributed by atoms with Crippen molar-refractivity contribution in [2.45, 2.75) is 18.9 Å². The molecule has 1 fully saturated rings. The average Bonchev–Trinajstić information content (AvgIpc) is 2.57. The number of nitrogens with zero attached hydrogens (tertiary/aromatic N) is 3. The average molecular weight is 284 g/mol. The molecular formula is C15H16N4O2. The van der Waals surface area contributed by atoms with Gasteiger partial charge in [0.1, 0.15) is 6.33 Å². The van der Waals surface area contributed by atoms with Gasteiger partial charge in [0.05, 0.1) is 5.69 Å². The van der Waals surface area contributed by atoms with Gasteiger partial charge < -0.3 is 10.1 Å². The zero-order valence-corrected chi connectivity index (χ0v) is 11.5. The first-order chi connectivity index (χ1) is 10.3. The lowest BCUT2D eigenvalue weighted by Crippen LogP contribution is -2.38. The molecule has 2 aromatic rings. The first-order valence-electron chi connectivity index (χ1n) is 6.93. The largest absolute Gasteiger partial charge is 0.381 e. The molecular weight excluding hydrogens is 268 g/mol. The van der Waals surface area contributed by atoms with E-state index in [0.717, 1.165) is 18.4 Å². The van der Waals surface area contributed by atoms with Crippen molar-refractivity contribution >= 4 is 5.91 Å². The number of aromatic nitrogens is 3. The molecule has 0 atom stereocenters. The highest BCUT2D eigenvalue weighted by Gasteiger charge is 2.17. The summed E-state index contributed by atoms with van der Waals surface area (Å²) in [5, 5.41) is 3.04. The summed E-state index contributed by atoms with van der Waals surface area (Å²) in [6.45, 7) is 1.40. The van der Waals surface area contributed by atoms with Crippen LogP contribution in [0.5, 0.6) is 0 Å². The molecule has 1 aliphatic heterocycles. The number of hydrogen-bond acceptors (Lipinski definition) is 5. The highest BCUT2D eigenvalue weighted by molar-refractivity contribution is 5.95. The maximum atomic E-state index is 12.3. The van der Waals surface area contributed by atoms with Crippen LogP contribution in [0.1, 0.15) is 23.2 Å². The molecule has 1 amide bonds. The SMILES string of the molecule is O=C(NC1CCOCC1)c1ccnc(-c2cncnc2)c1. The summed E-state index contributed by atoms with van der Waals surface area (Å²) in [6, 6.07) is 3.65. The Bertz CT molecular complexity index is 612. The van der Waals surface area contributed by atoms with Crippen LogP contribution < -0.4 is 5.32 Å². The van der Waals surface area contributed by atoms with Gasteiger partial charge in [-0.05, 0) is 25.0 Å². The molecule has 0 bridgehead atoms. The zero-order chi connectivity index (χ0) is 14.5. The van der Waals surface area contributed by atoms with Crippen LogP contribution in [0.3, 0.4) is 0 Å². The van der Waals surface area contributed by atoms with Gasteiger partial charge in [-0.2, -0.15) is 0 Å². The van der Waals surface area contributed by atoms with Crippen molar-refractivity contribution in [1.29, 1.82) is 0 Å². The van der Waals surface area contributed by atoms with Crippen LogP contribution in [-0.2, 0) is 4.74 Å². The van der Waals surface area contributed by atoms with Crippen LogP contribution in [0.2, 0.25) is 0 Å². The topological polar surface area (TPSA) is 77.0 Å². The molecule has 0 radical (unpaired) electrons. The highest BCUT2D eigenvalue weighted by atomic mass is 16.5. The number of amides is 1. The van der Waals surface area contributed by atoms with Gasteiger partial charge >= 0.3 is 0 Å². The lowest BCUT2D eigenvalue weighted by molar-refractivity contribution is 0.0696. The van der Waals surface area contributed by atoms with Crippen LogP contribution in [0, 0.1) is 0 Å². The Kier molecular flexibility index (Phi) is 4.16. The first-order valence-corrected chi connectivity index (χ1v) is 6.93. The van der Waals surface area contributed by atoms with Crippen molar-refractivity contribution in [2.24, 2.45) is 0 Å². The number of carbonyl (C=O) groups excluding carboxylic acids is 1. The third-order valence-corrected chi connectivity index (χ3v) is 3.43. The molecule has 0 spiro atoms. The summed E-state index contributed by atoms with van der Waals surface area (Å²) in [5.74, 6) is -0.0811. The van der Waals surface area contributed by atoms with E-state index < -0.39 is 0 Å². The van der Waals surface area contributed by atoms with E-state index in [1.165, 1.54) is 6.33 Å². The van der Waals surface area contributed by atoms with Gasteiger partial charge in [0, 0.05) is 49.0 Å². The summed E-state index contributed by atoms with van der Waals surface area (Å²) >= 11 is 0. The Morgan fingerprint density at radius 3 is 2.76 bits per heavy atom. The normalized spacial score (nSPS) is 15.6. The fourth-order valence-electron chi connectivity index (χ4n) is 2.27. The highest BCUT2D eigenvalue weighted by Crippen LogP contribution is 2.16. The van der Waals surface area contributed by atoms with Crippen molar-refractivity contribution in [1.82, 2.24) is 20.3 Å². The second kappa shape index (κ2) is 6.41. The van der Waals surface area contributed by atoms with Crippen LogP contribution >= 0.6 is 0 Å². The van der Waals surface area contributed by atoms with E-state index in [9.17, 15) is 4.79 Å². The van der Waals surface area contributed by atoms with E-state index in [4.69, 9.17) is 4.74 Å². The van der Waals surface area contributed by atoms with Crippen molar-refractivity contribution in [3.8, 4) is 11.3 Å². The van der Waals surface area contributed by atoms with Crippen LogP contribution in [0.25, 0.3) is 11.3 Å². The monoisotopic (exact) mass is 284 g/mol. The van der Waals surface area contributed by atoms with Gasteiger partial charge in [-0.1, -0.05) is 0 Å². The van der Waals surface area contributed by atoms with Crippen molar-refractivity contribution in [3.63, 3.8) is 0 Å². The van der Waals surface area contributed by atoms with Gasteiger partial charge in [-0.3, -0.25) is 9.78 Å². The van der Waals surface area contributed by atoms with Crippen molar-refractivity contribution in [3.05, 3.63) is 42.6 Å². The molecule has 0 unspecified atom stereocenters. The molecule has 1 N–H and O–H groups in total. The summed E-state index contributed by atoms with van der Waals surface area (Å²) < 4.78 is 5.29. The van der Waals surface area contributed by atoms with Crippen LogP contribution in [0.4, 0.5) is 0 Å². The Morgan fingerprint density at radius 2 is 2.00 bits per heavy atom. The maximum Gasteiger partial charge on any atom is 0.251 e. The van der Waals surface area contributed by atoms with E-state index in [-0.39, 0.29) is 11.9 Å². The predicted molar refractivity (Wildman–Crippen MR) is 76.6 cm³/mol. The summed E-state index contributed by atoms with van der Waals surface area (Å²) in [6.07, 6.45) is 8.16. The molecule has 6 nitrogen and oxygen atoms in total. The lowest BCUT2D eigenvalue weighted by Gasteiger charge is -2.23. The number of carbonyl (C=O) groups is 1. The van der Waals surface area contributed by atoms with E-state index in [0.29, 0.717) is 24.5 Å². The maximum absolute atomic E-state index is 12.3. The van der Waals surface area contributed by atoms with E-state index >= 15 is 0 Å². The Labute approximate surface area is 122 Å². The minimum absolute atomic E-state index is 0.0811. The summed E-state index contributed by atoms with van der Waals surface area (Å²) in [7, 11) is 0. The van der Waals surface area contributed by atoms with Gasteiger partial charge in [0.15, 0.2) is 0 Å². The van der Waals surface area contributed by atoms with Crippen LogP contribution in [-0.4, -0.2) is 40.1 Å². The number of nitrogens with one attached hydrogen (secondary N) is 1.